The largest absolute Gasteiger partial charge is 0.373 e. The Morgan fingerprint density at radius 3 is 2.11 bits per heavy atom. The van der Waals surface area contributed by atoms with E-state index in [-0.39, 0.29) is 11.3 Å². The van der Waals surface area contributed by atoms with Gasteiger partial charge in [-0.2, -0.15) is 0 Å². The Kier molecular flexibility index (Phi) is 12.2. The van der Waals surface area contributed by atoms with Gasteiger partial charge < -0.3 is 4.90 Å². The third-order valence-electron chi connectivity index (χ3n) is 7.92. The number of likely N-dealkylation sites (N-methyl/N-ethyl adjacent to an activating group) is 1. The molecule has 0 heterocycles. The van der Waals surface area contributed by atoms with Crippen molar-refractivity contribution < 1.29 is 0 Å². The van der Waals surface area contributed by atoms with Gasteiger partial charge in [0.05, 0.1) is 0 Å². The van der Waals surface area contributed by atoms with E-state index in [1.54, 1.807) is 0 Å². The summed E-state index contributed by atoms with van der Waals surface area (Å²) in [5.74, 6) is 2.19. The molecular weight excluding hydrogens is 446 g/mol. The molecule has 3 unspecified atom stereocenters. The molecule has 0 saturated carbocycles. The summed E-state index contributed by atoms with van der Waals surface area (Å²) < 4.78 is 0. The maximum Gasteiger partial charge on any atom is 0.0333 e. The molecule has 0 spiro atoms. The van der Waals surface area contributed by atoms with Crippen molar-refractivity contribution >= 4 is 0 Å². The number of hydrogen-bond donors (Lipinski definition) is 0. The van der Waals surface area contributed by atoms with Gasteiger partial charge >= 0.3 is 0 Å². The van der Waals surface area contributed by atoms with Crippen molar-refractivity contribution in [3.05, 3.63) is 95.3 Å². The molecule has 1 aliphatic rings. The maximum atomic E-state index is 4.34. The molecule has 1 nitrogen and oxygen atoms in total. The van der Waals surface area contributed by atoms with E-state index in [0.717, 1.165) is 31.1 Å². The second-order valence-corrected chi connectivity index (χ2v) is 12.3. The minimum absolute atomic E-state index is 0.232. The fraction of sp³-hybridized carbons (Fsp3) is 0.556. The average Bonchev–Trinajstić information content (AvgIpc) is 2.86. The van der Waals surface area contributed by atoms with Crippen LogP contribution in [0.2, 0.25) is 0 Å². The normalized spacial score (nSPS) is 18.3. The summed E-state index contributed by atoms with van der Waals surface area (Å²) in [6, 6.07) is 9.57. The van der Waals surface area contributed by atoms with E-state index in [9.17, 15) is 0 Å². The monoisotopic (exact) mass is 501 g/mol. The van der Waals surface area contributed by atoms with Crippen molar-refractivity contribution in [1.82, 2.24) is 4.90 Å². The Labute approximate surface area is 230 Å². The number of benzene rings is 1. The molecule has 0 N–H and O–H groups in total. The predicted octanol–water partition coefficient (Wildman–Crippen LogP) is 10.6. The van der Waals surface area contributed by atoms with Crippen LogP contribution in [0.4, 0.5) is 0 Å². The van der Waals surface area contributed by atoms with Crippen LogP contribution in [0.5, 0.6) is 0 Å². The van der Waals surface area contributed by atoms with Gasteiger partial charge in [0, 0.05) is 24.7 Å². The molecule has 0 aromatic heterocycles. The number of allylic oxidation sites excluding steroid dienone is 8. The van der Waals surface area contributed by atoms with E-state index in [4.69, 9.17) is 0 Å². The van der Waals surface area contributed by atoms with Crippen molar-refractivity contribution in [2.75, 3.05) is 13.1 Å². The van der Waals surface area contributed by atoms with Gasteiger partial charge in [-0.3, -0.25) is 0 Å². The minimum atomic E-state index is 0.232. The van der Waals surface area contributed by atoms with Crippen LogP contribution in [-0.2, 0) is 0 Å². The summed E-state index contributed by atoms with van der Waals surface area (Å²) in [5, 5.41) is 0. The molecule has 0 fully saturated rings. The third kappa shape index (κ3) is 8.91. The molecule has 1 aromatic carbocycles. The van der Waals surface area contributed by atoms with Crippen molar-refractivity contribution in [1.29, 1.82) is 0 Å². The highest BCUT2D eigenvalue weighted by Gasteiger charge is 2.26. The van der Waals surface area contributed by atoms with Crippen LogP contribution in [0, 0.1) is 17.3 Å². The Hall–Kier alpha value is -2.28. The molecule has 0 saturated heterocycles. The van der Waals surface area contributed by atoms with Gasteiger partial charge in [0.1, 0.15) is 0 Å². The fourth-order valence-electron chi connectivity index (χ4n) is 5.85. The molecule has 0 bridgehead atoms. The van der Waals surface area contributed by atoms with Crippen molar-refractivity contribution in [3.8, 4) is 0 Å². The van der Waals surface area contributed by atoms with Gasteiger partial charge in [-0.15, -0.1) is 0 Å². The van der Waals surface area contributed by atoms with Crippen LogP contribution >= 0.6 is 0 Å². The van der Waals surface area contributed by atoms with Gasteiger partial charge in [-0.25, -0.2) is 0 Å². The zero-order valence-corrected chi connectivity index (χ0v) is 25.5. The topological polar surface area (TPSA) is 3.24 Å². The van der Waals surface area contributed by atoms with E-state index >= 15 is 0 Å². The van der Waals surface area contributed by atoms with E-state index in [1.807, 2.05) is 0 Å². The zero-order chi connectivity index (χ0) is 27.6. The van der Waals surface area contributed by atoms with Crippen molar-refractivity contribution in [2.45, 2.75) is 99.8 Å². The maximum absolute atomic E-state index is 4.34. The summed E-state index contributed by atoms with van der Waals surface area (Å²) in [6.07, 6.45) is 19.0. The lowest BCUT2D eigenvalue weighted by Crippen LogP contribution is -2.20. The third-order valence-corrected chi connectivity index (χ3v) is 7.92. The quantitative estimate of drug-likeness (QED) is 0.243. The van der Waals surface area contributed by atoms with Crippen LogP contribution in [0.3, 0.4) is 0 Å². The highest BCUT2D eigenvalue weighted by atomic mass is 15.1. The lowest BCUT2D eigenvalue weighted by molar-refractivity contribution is 0.303. The predicted molar refractivity (Wildman–Crippen MR) is 166 cm³/mol. The smallest absolute Gasteiger partial charge is 0.0333 e. The number of hydrogen-bond acceptors (Lipinski definition) is 1. The van der Waals surface area contributed by atoms with Crippen LogP contribution in [0.15, 0.2) is 84.1 Å². The minimum Gasteiger partial charge on any atom is -0.373 e. The van der Waals surface area contributed by atoms with Gasteiger partial charge in [0.2, 0.25) is 0 Å². The second kappa shape index (κ2) is 14.6. The number of rotatable bonds is 13. The summed E-state index contributed by atoms with van der Waals surface area (Å²) in [7, 11) is 0. The Bertz CT molecular complexity index is 957. The molecular formula is C36H55N. The van der Waals surface area contributed by atoms with Gasteiger partial charge in [0.25, 0.3) is 0 Å². The first kappa shape index (κ1) is 30.9. The molecule has 204 valence electrons. The molecule has 0 radical (unpaired) electrons. The summed E-state index contributed by atoms with van der Waals surface area (Å²) >= 11 is 0. The van der Waals surface area contributed by atoms with Crippen LogP contribution in [0.1, 0.15) is 111 Å². The molecule has 2 rings (SSSR count). The first-order chi connectivity index (χ1) is 17.5. The molecule has 1 heteroatoms. The lowest BCUT2D eigenvalue weighted by Gasteiger charge is -2.32. The van der Waals surface area contributed by atoms with E-state index < -0.39 is 0 Å². The Balaban J connectivity index is 2.46. The van der Waals surface area contributed by atoms with Gasteiger partial charge in [-0.1, -0.05) is 109 Å². The molecule has 0 amide bonds. The standard InChI is InChI=1S/C36H55N/c1-11-15-34(36(8,9)10)31-22-24-33(25-23-31)35(32-20-17-29(18-21-32)26-27(5)6)30(12-2)19-16-28(7)37(13-3)14-4/h12,16-17,19-25,27,29,34-35H,7,11,13-15,18,26H2,1-6,8-10H3/b19-16-,30-12+. The Morgan fingerprint density at radius 2 is 1.65 bits per heavy atom. The first-order valence-corrected chi connectivity index (χ1v) is 14.8. The molecule has 1 aromatic rings. The van der Waals surface area contributed by atoms with Gasteiger partial charge in [-0.05, 0) is 91.6 Å². The number of nitrogens with zero attached hydrogens (tertiary/aromatic N) is 1. The second-order valence-electron chi connectivity index (χ2n) is 12.3. The van der Waals surface area contributed by atoms with Crippen LogP contribution in [0.25, 0.3) is 0 Å². The molecule has 3 atom stereocenters. The zero-order valence-electron chi connectivity index (χ0n) is 25.5. The van der Waals surface area contributed by atoms with Crippen molar-refractivity contribution in [2.24, 2.45) is 17.3 Å². The molecule has 37 heavy (non-hydrogen) atoms. The molecule has 1 aliphatic carbocycles. The van der Waals surface area contributed by atoms with E-state index in [0.29, 0.717) is 11.8 Å². The van der Waals surface area contributed by atoms with Gasteiger partial charge in [0.15, 0.2) is 0 Å². The summed E-state index contributed by atoms with van der Waals surface area (Å²) in [6.45, 7) is 26.9. The fourth-order valence-corrected chi connectivity index (χ4v) is 5.85. The Morgan fingerprint density at radius 1 is 1.03 bits per heavy atom. The molecule has 0 aliphatic heterocycles. The lowest BCUT2D eigenvalue weighted by atomic mass is 9.73. The van der Waals surface area contributed by atoms with Crippen LogP contribution < -0.4 is 0 Å². The summed E-state index contributed by atoms with van der Waals surface area (Å²) in [4.78, 5) is 2.31. The summed E-state index contributed by atoms with van der Waals surface area (Å²) in [5.41, 5.74) is 6.93. The average molecular weight is 502 g/mol. The van der Waals surface area contributed by atoms with E-state index in [2.05, 4.69) is 135 Å². The first-order valence-electron chi connectivity index (χ1n) is 14.8. The van der Waals surface area contributed by atoms with Crippen molar-refractivity contribution in [3.63, 3.8) is 0 Å². The van der Waals surface area contributed by atoms with Crippen LogP contribution in [-0.4, -0.2) is 18.0 Å². The highest BCUT2D eigenvalue weighted by molar-refractivity contribution is 5.49. The highest BCUT2D eigenvalue weighted by Crippen LogP contribution is 2.41. The van der Waals surface area contributed by atoms with E-state index in [1.165, 1.54) is 41.5 Å². The SMILES string of the molecule is C=C(/C=C\C(=C/C)C(C1=CCC(CC(C)C)C=C1)c1ccc(C(CCC)C(C)(C)C)cc1)N(CC)CC.